The molecule has 5 aromatic rings. The lowest BCUT2D eigenvalue weighted by molar-refractivity contribution is 1.25. The van der Waals surface area contributed by atoms with Gasteiger partial charge in [0.05, 0.1) is 16.4 Å². The second kappa shape index (κ2) is 10.5. The lowest BCUT2D eigenvalue weighted by Gasteiger charge is -2.31. The summed E-state index contributed by atoms with van der Waals surface area (Å²) in [6.07, 6.45) is 0. The Balaban J connectivity index is 1.72. The predicted octanol–water partition coefficient (Wildman–Crippen LogP) is 10.6. The van der Waals surface area contributed by atoms with E-state index in [-0.39, 0.29) is 0 Å². The average molecular weight is 516 g/mol. The summed E-state index contributed by atoms with van der Waals surface area (Å²) in [5, 5.41) is 1.90. The summed E-state index contributed by atoms with van der Waals surface area (Å²) >= 11 is 20.0. The Hall–Kier alpha value is -3.43. The highest BCUT2D eigenvalue weighted by atomic mass is 35.5. The van der Waals surface area contributed by atoms with Crippen LogP contribution in [0.4, 0.5) is 34.1 Å². The second-order valence-electron chi connectivity index (χ2n) is 7.91. The number of para-hydroxylation sites is 2. The summed E-state index contributed by atoms with van der Waals surface area (Å²) in [7, 11) is 0. The van der Waals surface area contributed by atoms with Gasteiger partial charge in [-0.25, -0.2) is 0 Å². The van der Waals surface area contributed by atoms with Crippen molar-refractivity contribution in [2.45, 2.75) is 0 Å². The first kappa shape index (κ1) is 23.3. The van der Waals surface area contributed by atoms with Crippen LogP contribution in [-0.2, 0) is 0 Å². The summed E-state index contributed by atoms with van der Waals surface area (Å²) < 4.78 is 0. The highest BCUT2D eigenvalue weighted by molar-refractivity contribution is 6.37. The number of nitrogens with zero attached hydrogens (tertiary/aromatic N) is 2. The van der Waals surface area contributed by atoms with Crippen LogP contribution in [0.25, 0.3) is 0 Å². The summed E-state index contributed by atoms with van der Waals surface area (Å²) in [6, 6.07) is 41.8. The minimum atomic E-state index is 0.597. The van der Waals surface area contributed by atoms with Crippen molar-refractivity contribution in [1.29, 1.82) is 0 Å². The van der Waals surface area contributed by atoms with Crippen LogP contribution in [0.5, 0.6) is 0 Å². The molecule has 0 aliphatic rings. The van der Waals surface area contributed by atoms with Crippen LogP contribution in [0.15, 0.2) is 127 Å². The smallest absolute Gasteiger partial charge is 0.0887 e. The predicted molar refractivity (Wildman–Crippen MR) is 151 cm³/mol. The summed E-state index contributed by atoms with van der Waals surface area (Å²) in [5.74, 6) is 0. The van der Waals surface area contributed by atoms with E-state index in [1.807, 2.05) is 103 Å². The van der Waals surface area contributed by atoms with Crippen LogP contribution < -0.4 is 9.80 Å². The molecular weight excluding hydrogens is 495 g/mol. The molecule has 0 aromatic heterocycles. The van der Waals surface area contributed by atoms with Gasteiger partial charge < -0.3 is 9.80 Å². The summed E-state index contributed by atoms with van der Waals surface area (Å²) in [4.78, 5) is 4.22. The topological polar surface area (TPSA) is 6.48 Å². The molecule has 0 amide bonds. The van der Waals surface area contributed by atoms with Gasteiger partial charge in [0, 0.05) is 32.8 Å². The summed E-state index contributed by atoms with van der Waals surface area (Å²) in [6.45, 7) is 0. The SMILES string of the molecule is Clc1cccc(N(c2ccccc2)c2cccc(N(c3ccccc3)c3cccc(Cl)c3)c2Cl)c1. The standard InChI is InChI=1S/C30H21Cl3N2/c31-22-10-7-16-26(20-22)34(24-12-3-1-4-13-24)28-18-9-19-29(30(28)33)35(25-14-5-2-6-15-25)27-17-8-11-23(32)21-27/h1-21H. The molecule has 0 radical (unpaired) electrons. The fourth-order valence-electron chi connectivity index (χ4n) is 4.09. The highest BCUT2D eigenvalue weighted by Gasteiger charge is 2.22. The Bertz CT molecular complexity index is 1330. The van der Waals surface area contributed by atoms with E-state index in [0.29, 0.717) is 15.1 Å². The number of rotatable bonds is 6. The number of halogens is 3. The first-order valence-electron chi connectivity index (χ1n) is 11.1. The van der Waals surface area contributed by atoms with Gasteiger partial charge in [-0.2, -0.15) is 0 Å². The van der Waals surface area contributed by atoms with Crippen LogP contribution in [-0.4, -0.2) is 0 Å². The van der Waals surface area contributed by atoms with Gasteiger partial charge in [0.25, 0.3) is 0 Å². The third kappa shape index (κ3) is 5.01. The zero-order valence-electron chi connectivity index (χ0n) is 18.7. The molecule has 0 N–H and O–H groups in total. The van der Waals surface area contributed by atoms with E-state index in [1.54, 1.807) is 0 Å². The molecule has 0 atom stereocenters. The molecule has 0 aliphatic carbocycles. The fourth-order valence-corrected chi connectivity index (χ4v) is 4.76. The molecule has 0 saturated heterocycles. The molecule has 35 heavy (non-hydrogen) atoms. The Morgan fingerprint density at radius 1 is 0.371 bits per heavy atom. The largest absolute Gasteiger partial charge is 0.309 e. The maximum absolute atomic E-state index is 7.23. The van der Waals surface area contributed by atoms with Crippen molar-refractivity contribution in [3.05, 3.63) is 142 Å². The van der Waals surface area contributed by atoms with Crippen LogP contribution in [0, 0.1) is 0 Å². The Labute approximate surface area is 220 Å². The van der Waals surface area contributed by atoms with Crippen molar-refractivity contribution in [2.75, 3.05) is 9.80 Å². The first-order valence-corrected chi connectivity index (χ1v) is 12.3. The van der Waals surface area contributed by atoms with Gasteiger partial charge in [-0.15, -0.1) is 0 Å². The minimum Gasteiger partial charge on any atom is -0.309 e. The molecule has 5 rings (SSSR count). The molecule has 5 heteroatoms. The van der Waals surface area contributed by atoms with Crippen molar-refractivity contribution in [1.82, 2.24) is 0 Å². The molecular formula is C30H21Cl3N2. The van der Waals surface area contributed by atoms with Crippen molar-refractivity contribution >= 4 is 68.9 Å². The van der Waals surface area contributed by atoms with E-state index in [0.717, 1.165) is 34.1 Å². The zero-order valence-corrected chi connectivity index (χ0v) is 20.9. The monoisotopic (exact) mass is 514 g/mol. The fraction of sp³-hybridized carbons (Fsp3) is 0. The number of benzene rings is 5. The van der Waals surface area contributed by atoms with Crippen LogP contribution in [0.1, 0.15) is 0 Å². The van der Waals surface area contributed by atoms with Crippen LogP contribution in [0.3, 0.4) is 0 Å². The number of hydrogen-bond acceptors (Lipinski definition) is 2. The van der Waals surface area contributed by atoms with E-state index in [2.05, 4.69) is 34.1 Å². The van der Waals surface area contributed by atoms with Crippen molar-refractivity contribution in [3.8, 4) is 0 Å². The van der Waals surface area contributed by atoms with Gasteiger partial charge in [0.15, 0.2) is 0 Å². The summed E-state index contributed by atoms with van der Waals surface area (Å²) in [5.41, 5.74) is 5.44. The van der Waals surface area contributed by atoms with Gasteiger partial charge >= 0.3 is 0 Å². The van der Waals surface area contributed by atoms with Crippen LogP contribution >= 0.6 is 34.8 Å². The Morgan fingerprint density at radius 2 is 0.743 bits per heavy atom. The first-order chi connectivity index (χ1) is 17.1. The van der Waals surface area contributed by atoms with Crippen molar-refractivity contribution in [3.63, 3.8) is 0 Å². The highest BCUT2D eigenvalue weighted by Crippen LogP contribution is 2.46. The lowest BCUT2D eigenvalue weighted by atomic mass is 10.1. The normalized spacial score (nSPS) is 10.7. The third-order valence-corrected chi connectivity index (χ3v) is 6.46. The third-order valence-electron chi connectivity index (χ3n) is 5.60. The maximum Gasteiger partial charge on any atom is 0.0887 e. The minimum absolute atomic E-state index is 0.597. The molecule has 0 saturated carbocycles. The van der Waals surface area contributed by atoms with Crippen molar-refractivity contribution in [2.24, 2.45) is 0 Å². The quantitative estimate of drug-likeness (QED) is 0.222. The molecule has 0 fully saturated rings. The maximum atomic E-state index is 7.23. The molecule has 2 nitrogen and oxygen atoms in total. The average Bonchev–Trinajstić information content (AvgIpc) is 2.88. The zero-order chi connectivity index (χ0) is 24.2. The molecule has 172 valence electrons. The van der Waals surface area contributed by atoms with Crippen LogP contribution in [0.2, 0.25) is 15.1 Å². The van der Waals surface area contributed by atoms with E-state index in [1.165, 1.54) is 0 Å². The Morgan fingerprint density at radius 3 is 1.14 bits per heavy atom. The number of hydrogen-bond donors (Lipinski definition) is 0. The molecule has 0 spiro atoms. The second-order valence-corrected chi connectivity index (χ2v) is 9.16. The van der Waals surface area contributed by atoms with Gasteiger partial charge in [-0.05, 0) is 72.8 Å². The van der Waals surface area contributed by atoms with Gasteiger partial charge in [0.1, 0.15) is 0 Å². The van der Waals surface area contributed by atoms with Gasteiger partial charge in [0.2, 0.25) is 0 Å². The molecule has 0 aliphatic heterocycles. The van der Waals surface area contributed by atoms with E-state index in [4.69, 9.17) is 34.8 Å². The van der Waals surface area contributed by atoms with E-state index in [9.17, 15) is 0 Å². The molecule has 0 unspecified atom stereocenters. The molecule has 0 heterocycles. The van der Waals surface area contributed by atoms with E-state index < -0.39 is 0 Å². The van der Waals surface area contributed by atoms with Crippen molar-refractivity contribution < 1.29 is 0 Å². The lowest BCUT2D eigenvalue weighted by Crippen LogP contribution is -2.14. The molecule has 5 aromatic carbocycles. The van der Waals surface area contributed by atoms with Gasteiger partial charge in [-0.1, -0.05) is 89.4 Å². The number of anilines is 6. The Kier molecular flexibility index (Phi) is 6.96. The van der Waals surface area contributed by atoms with Gasteiger partial charge in [-0.3, -0.25) is 0 Å². The van der Waals surface area contributed by atoms with E-state index >= 15 is 0 Å². The molecule has 0 bridgehead atoms.